The van der Waals surface area contributed by atoms with Crippen molar-refractivity contribution < 1.29 is 32.3 Å². The maximum absolute atomic E-state index is 13.6. The Bertz CT molecular complexity index is 783. The first-order valence-corrected chi connectivity index (χ1v) is 8.95. The molecule has 1 saturated heterocycles. The summed E-state index contributed by atoms with van der Waals surface area (Å²) in [7, 11) is 0. The van der Waals surface area contributed by atoms with Gasteiger partial charge in [0.2, 0.25) is 11.8 Å². The van der Waals surface area contributed by atoms with Gasteiger partial charge in [0.25, 0.3) is 5.91 Å². The summed E-state index contributed by atoms with van der Waals surface area (Å²) in [5, 5.41) is 4.76. The van der Waals surface area contributed by atoms with Crippen LogP contribution in [-0.4, -0.2) is 50.1 Å². The van der Waals surface area contributed by atoms with Crippen LogP contribution < -0.4 is 21.3 Å². The third-order valence-corrected chi connectivity index (χ3v) is 4.24. The number of nitrogens with two attached hydrogens (primary N) is 1. The number of hydrogen-bond acceptors (Lipinski definition) is 5. The molecular formula is C18H23F3N4O4. The fraction of sp³-hybridized carbons (Fsp3) is 0.500. The first kappa shape index (κ1) is 22.6. The fourth-order valence-electron chi connectivity index (χ4n) is 2.65. The van der Waals surface area contributed by atoms with Crippen LogP contribution in [0.15, 0.2) is 18.2 Å². The number of carbonyl (C=O) groups is 3. The average molecular weight is 416 g/mol. The van der Waals surface area contributed by atoms with Crippen molar-refractivity contribution >= 4 is 29.1 Å². The van der Waals surface area contributed by atoms with Gasteiger partial charge in [-0.2, -0.15) is 13.2 Å². The van der Waals surface area contributed by atoms with Crippen LogP contribution in [0, 0.1) is 5.92 Å². The van der Waals surface area contributed by atoms with Crippen molar-refractivity contribution in [3.8, 4) is 0 Å². The highest BCUT2D eigenvalue weighted by molar-refractivity contribution is 5.99. The van der Waals surface area contributed by atoms with Crippen LogP contribution in [0.3, 0.4) is 0 Å². The Morgan fingerprint density at radius 1 is 1.28 bits per heavy atom. The molecule has 1 atom stereocenters. The maximum Gasteiger partial charge on any atom is 0.418 e. The number of ether oxygens (including phenoxy) is 1. The van der Waals surface area contributed by atoms with E-state index in [4.69, 9.17) is 10.5 Å². The number of nitrogens with zero attached hydrogens (tertiary/aromatic N) is 1. The van der Waals surface area contributed by atoms with Gasteiger partial charge >= 0.3 is 6.18 Å². The van der Waals surface area contributed by atoms with Crippen LogP contribution in [0.1, 0.15) is 19.4 Å². The van der Waals surface area contributed by atoms with Crippen molar-refractivity contribution in [3.05, 3.63) is 23.8 Å². The van der Waals surface area contributed by atoms with Gasteiger partial charge < -0.3 is 26.0 Å². The lowest BCUT2D eigenvalue weighted by atomic mass is 10.1. The van der Waals surface area contributed by atoms with E-state index < -0.39 is 35.5 Å². The molecule has 3 amide bonds. The summed E-state index contributed by atoms with van der Waals surface area (Å²) in [6, 6.07) is 2.02. The molecule has 0 radical (unpaired) electrons. The molecule has 1 aromatic carbocycles. The Morgan fingerprint density at radius 2 is 1.97 bits per heavy atom. The van der Waals surface area contributed by atoms with Gasteiger partial charge in [-0.25, -0.2) is 0 Å². The van der Waals surface area contributed by atoms with Crippen molar-refractivity contribution in [2.75, 3.05) is 36.5 Å². The Kier molecular flexibility index (Phi) is 7.20. The van der Waals surface area contributed by atoms with E-state index in [0.717, 1.165) is 17.0 Å². The number of carbonyl (C=O) groups excluding carboxylic acids is 3. The van der Waals surface area contributed by atoms with E-state index in [1.54, 1.807) is 13.8 Å². The topological polar surface area (TPSA) is 114 Å². The zero-order valence-electron chi connectivity index (χ0n) is 16.0. The summed E-state index contributed by atoms with van der Waals surface area (Å²) in [4.78, 5) is 37.0. The van der Waals surface area contributed by atoms with Crippen LogP contribution in [0.5, 0.6) is 0 Å². The molecule has 0 unspecified atom stereocenters. The maximum atomic E-state index is 13.6. The predicted molar refractivity (Wildman–Crippen MR) is 99.1 cm³/mol. The van der Waals surface area contributed by atoms with E-state index in [1.807, 2.05) is 0 Å². The van der Waals surface area contributed by atoms with E-state index in [0.29, 0.717) is 0 Å². The highest BCUT2D eigenvalue weighted by atomic mass is 19.4. The smallest absolute Gasteiger partial charge is 0.370 e. The van der Waals surface area contributed by atoms with Gasteiger partial charge in [0.15, 0.2) is 0 Å². The minimum Gasteiger partial charge on any atom is -0.370 e. The number of benzene rings is 1. The van der Waals surface area contributed by atoms with Crippen LogP contribution in [-0.2, 0) is 25.3 Å². The minimum atomic E-state index is -4.76. The van der Waals surface area contributed by atoms with Gasteiger partial charge in [0.1, 0.15) is 12.6 Å². The Balaban J connectivity index is 2.26. The third-order valence-electron chi connectivity index (χ3n) is 4.24. The molecule has 29 heavy (non-hydrogen) atoms. The standard InChI is InChI=1S/C18H23F3N4O4/c1-10(2)16(27)24-13(8-22)17(28)23-11-3-4-14(12(7-11)18(19,20)21)25-5-6-29-9-15(25)26/h3-4,7,10,13H,5-6,8-9,22H2,1-2H3,(H,23,28)(H,24,27)/t13-/m0/s1. The third kappa shape index (κ3) is 5.67. The van der Waals surface area contributed by atoms with E-state index in [-0.39, 0.29) is 43.6 Å². The minimum absolute atomic E-state index is 0.00982. The molecule has 2 rings (SSSR count). The number of alkyl halides is 3. The van der Waals surface area contributed by atoms with Gasteiger partial charge in [-0.15, -0.1) is 0 Å². The molecule has 1 fully saturated rings. The number of halogens is 3. The summed E-state index contributed by atoms with van der Waals surface area (Å²) in [5.41, 5.74) is 3.98. The Morgan fingerprint density at radius 3 is 2.52 bits per heavy atom. The van der Waals surface area contributed by atoms with Gasteiger partial charge in [0, 0.05) is 24.7 Å². The van der Waals surface area contributed by atoms with Gasteiger partial charge in [-0.3, -0.25) is 14.4 Å². The quantitative estimate of drug-likeness (QED) is 0.643. The van der Waals surface area contributed by atoms with Gasteiger partial charge in [-0.05, 0) is 18.2 Å². The van der Waals surface area contributed by atoms with Crippen molar-refractivity contribution in [1.82, 2.24) is 5.32 Å². The molecule has 0 aliphatic carbocycles. The first-order chi connectivity index (χ1) is 13.5. The van der Waals surface area contributed by atoms with Crippen LogP contribution in [0.25, 0.3) is 0 Å². The zero-order chi connectivity index (χ0) is 21.8. The van der Waals surface area contributed by atoms with E-state index in [1.165, 1.54) is 6.07 Å². The van der Waals surface area contributed by atoms with Crippen molar-refractivity contribution in [2.24, 2.45) is 11.7 Å². The fourth-order valence-corrected chi connectivity index (χ4v) is 2.65. The van der Waals surface area contributed by atoms with Crippen LogP contribution >= 0.6 is 0 Å². The molecule has 160 valence electrons. The summed E-state index contributed by atoms with van der Waals surface area (Å²) < 4.78 is 45.7. The molecular weight excluding hydrogens is 393 g/mol. The Labute approximate surface area is 165 Å². The molecule has 1 heterocycles. The molecule has 1 aliphatic heterocycles. The predicted octanol–water partition coefficient (Wildman–Crippen LogP) is 1.11. The molecule has 0 saturated carbocycles. The first-order valence-electron chi connectivity index (χ1n) is 8.95. The number of morpholine rings is 1. The molecule has 0 spiro atoms. The van der Waals surface area contributed by atoms with E-state index in [9.17, 15) is 27.6 Å². The highest BCUT2D eigenvalue weighted by Crippen LogP contribution is 2.38. The average Bonchev–Trinajstić information content (AvgIpc) is 2.65. The lowest BCUT2D eigenvalue weighted by Crippen LogP contribution is -2.49. The molecule has 0 aromatic heterocycles. The lowest BCUT2D eigenvalue weighted by molar-refractivity contribution is -0.137. The molecule has 1 aliphatic rings. The van der Waals surface area contributed by atoms with Crippen LogP contribution in [0.4, 0.5) is 24.5 Å². The number of amides is 3. The van der Waals surface area contributed by atoms with Crippen molar-refractivity contribution in [2.45, 2.75) is 26.1 Å². The number of anilines is 2. The lowest BCUT2D eigenvalue weighted by Gasteiger charge is -2.29. The monoisotopic (exact) mass is 416 g/mol. The largest absolute Gasteiger partial charge is 0.418 e. The van der Waals surface area contributed by atoms with E-state index in [2.05, 4.69) is 10.6 Å². The molecule has 4 N–H and O–H groups in total. The normalized spacial score (nSPS) is 16.0. The number of nitrogens with one attached hydrogen (secondary N) is 2. The van der Waals surface area contributed by atoms with Crippen molar-refractivity contribution in [1.29, 1.82) is 0 Å². The summed E-state index contributed by atoms with van der Waals surface area (Å²) in [6.45, 7) is 2.84. The second-order valence-electron chi connectivity index (χ2n) is 6.77. The van der Waals surface area contributed by atoms with Crippen LogP contribution in [0.2, 0.25) is 0 Å². The molecule has 0 bridgehead atoms. The Hall–Kier alpha value is -2.66. The second kappa shape index (κ2) is 9.23. The molecule has 1 aromatic rings. The molecule has 8 nitrogen and oxygen atoms in total. The zero-order valence-corrected chi connectivity index (χ0v) is 16.0. The molecule has 11 heteroatoms. The van der Waals surface area contributed by atoms with E-state index >= 15 is 0 Å². The number of rotatable bonds is 6. The van der Waals surface area contributed by atoms with Crippen molar-refractivity contribution in [3.63, 3.8) is 0 Å². The summed E-state index contributed by atoms with van der Waals surface area (Å²) in [5.74, 6) is -2.13. The highest BCUT2D eigenvalue weighted by Gasteiger charge is 2.37. The summed E-state index contributed by atoms with van der Waals surface area (Å²) in [6.07, 6.45) is -4.76. The number of hydrogen-bond donors (Lipinski definition) is 3. The SMILES string of the molecule is CC(C)C(=O)N[C@@H](CN)C(=O)Nc1ccc(N2CCOCC2=O)c(C(F)(F)F)c1. The summed E-state index contributed by atoms with van der Waals surface area (Å²) >= 11 is 0. The van der Waals surface area contributed by atoms with Gasteiger partial charge in [0.05, 0.1) is 17.9 Å². The van der Waals surface area contributed by atoms with Gasteiger partial charge in [-0.1, -0.05) is 13.8 Å². The second-order valence-corrected chi connectivity index (χ2v) is 6.77.